The fraction of sp³-hybridized carbons (Fsp3) is 0.355. The van der Waals surface area contributed by atoms with Crippen molar-refractivity contribution >= 4 is 29.3 Å². The van der Waals surface area contributed by atoms with Crippen LogP contribution in [-0.4, -0.2) is 61.8 Å². The number of anilines is 2. The van der Waals surface area contributed by atoms with Crippen LogP contribution in [0.5, 0.6) is 0 Å². The molecule has 15 heteroatoms. The number of hydrogen-bond donors (Lipinski definition) is 5. The molecule has 2 amide bonds. The van der Waals surface area contributed by atoms with E-state index >= 15 is 0 Å². The van der Waals surface area contributed by atoms with Gasteiger partial charge in [-0.05, 0) is 67.5 Å². The summed E-state index contributed by atoms with van der Waals surface area (Å²) in [6.45, 7) is 1.52. The largest absolute Gasteiger partial charge is 0.481 e. The van der Waals surface area contributed by atoms with Gasteiger partial charge in [0, 0.05) is 31.3 Å². The monoisotopic (exact) mass is 634 g/mol. The highest BCUT2D eigenvalue weighted by molar-refractivity contribution is 6.03. The highest BCUT2D eigenvalue weighted by Crippen LogP contribution is 2.30. The predicted molar refractivity (Wildman–Crippen MR) is 161 cm³/mol. The lowest BCUT2D eigenvalue weighted by Gasteiger charge is -2.12. The number of carbonyl (C=O) groups is 3. The fourth-order valence-corrected chi connectivity index (χ4v) is 5.20. The Morgan fingerprint density at radius 1 is 1.13 bits per heavy atom. The molecule has 1 saturated heterocycles. The molecule has 2 fully saturated rings. The van der Waals surface area contributed by atoms with E-state index in [1.165, 1.54) is 23.7 Å². The Bertz CT molecular complexity index is 1720. The summed E-state index contributed by atoms with van der Waals surface area (Å²) in [5.41, 5.74) is 0.938. The molecule has 0 radical (unpaired) electrons. The second-order valence-electron chi connectivity index (χ2n) is 11.5. The summed E-state index contributed by atoms with van der Waals surface area (Å²) >= 11 is 0. The van der Waals surface area contributed by atoms with Crippen LogP contribution in [0.15, 0.2) is 59.5 Å². The standard InChI is InChI=1S/C31H32F2N8O5/c32-28(33)27-23(38-30(45)24-16-46-31(39-24)20-7-8-34-25(11-20)36-12-17-1-2-17)15-41(40-27)21-5-3-18(4-6-21)13-37-29(44)22-9-19(14-35-22)10-26(42)43/h3-8,11,15-17,19,22,28,35H,1-2,9-10,12-14H2,(H,34,36)(H,37,44)(H,38,45)(H,42,43)/t19-,22+/m1/s1. The van der Waals surface area contributed by atoms with E-state index in [-0.39, 0.29) is 42.1 Å². The van der Waals surface area contributed by atoms with Crippen LogP contribution < -0.4 is 21.3 Å². The normalized spacial score (nSPS) is 17.6. The zero-order chi connectivity index (χ0) is 32.2. The quantitative estimate of drug-likeness (QED) is 0.144. The number of rotatable bonds is 13. The zero-order valence-electron chi connectivity index (χ0n) is 24.6. The maximum absolute atomic E-state index is 13.9. The van der Waals surface area contributed by atoms with Crippen molar-refractivity contribution < 1.29 is 32.7 Å². The van der Waals surface area contributed by atoms with Gasteiger partial charge in [-0.3, -0.25) is 14.4 Å². The number of carboxylic acids is 1. The average molecular weight is 635 g/mol. The van der Waals surface area contributed by atoms with Crippen LogP contribution in [0.4, 0.5) is 20.3 Å². The molecule has 4 aromatic rings. The average Bonchev–Trinajstić information content (AvgIpc) is 3.38. The molecule has 46 heavy (non-hydrogen) atoms. The number of hydrogen-bond acceptors (Lipinski definition) is 9. The van der Waals surface area contributed by atoms with Crippen LogP contribution in [0, 0.1) is 11.8 Å². The number of benzene rings is 1. The van der Waals surface area contributed by atoms with E-state index in [9.17, 15) is 23.2 Å². The fourth-order valence-electron chi connectivity index (χ4n) is 5.20. The van der Waals surface area contributed by atoms with E-state index in [0.717, 1.165) is 18.4 Å². The smallest absolute Gasteiger partial charge is 0.303 e. The Morgan fingerprint density at radius 2 is 1.93 bits per heavy atom. The molecule has 6 rings (SSSR count). The van der Waals surface area contributed by atoms with Crippen molar-refractivity contribution in [1.82, 2.24) is 30.4 Å². The molecule has 1 aliphatic heterocycles. The van der Waals surface area contributed by atoms with E-state index in [1.807, 2.05) is 0 Å². The Morgan fingerprint density at radius 3 is 2.67 bits per heavy atom. The van der Waals surface area contributed by atoms with Gasteiger partial charge in [0.2, 0.25) is 11.8 Å². The first-order chi connectivity index (χ1) is 22.2. The van der Waals surface area contributed by atoms with Gasteiger partial charge >= 0.3 is 5.97 Å². The summed E-state index contributed by atoms with van der Waals surface area (Å²) in [5, 5.41) is 24.5. The number of oxazole rings is 1. The van der Waals surface area contributed by atoms with Crippen molar-refractivity contribution in [2.45, 2.75) is 44.7 Å². The van der Waals surface area contributed by atoms with E-state index in [1.54, 1.807) is 42.6 Å². The van der Waals surface area contributed by atoms with Crippen LogP contribution in [0.3, 0.4) is 0 Å². The van der Waals surface area contributed by atoms with Gasteiger partial charge in [-0.2, -0.15) is 5.10 Å². The van der Waals surface area contributed by atoms with Crippen LogP contribution in [0.2, 0.25) is 0 Å². The van der Waals surface area contributed by atoms with Crippen LogP contribution in [0.25, 0.3) is 17.1 Å². The van der Waals surface area contributed by atoms with Gasteiger partial charge in [-0.25, -0.2) is 23.4 Å². The van der Waals surface area contributed by atoms with Gasteiger partial charge in [-0.15, -0.1) is 0 Å². The van der Waals surface area contributed by atoms with Crippen molar-refractivity contribution in [2.24, 2.45) is 11.8 Å². The van der Waals surface area contributed by atoms with Crippen LogP contribution >= 0.6 is 0 Å². The number of nitrogens with zero attached hydrogens (tertiary/aromatic N) is 4. The first kappa shape index (κ1) is 30.8. The van der Waals surface area contributed by atoms with Crippen molar-refractivity contribution in [2.75, 3.05) is 23.7 Å². The van der Waals surface area contributed by atoms with Gasteiger partial charge in [0.1, 0.15) is 12.1 Å². The number of alkyl halides is 2. The number of carbonyl (C=O) groups excluding carboxylic acids is 2. The molecular weight excluding hydrogens is 602 g/mol. The SMILES string of the molecule is O=C(O)C[C@@H]1CN[C@H](C(=O)NCc2ccc(-n3cc(NC(=O)c4coc(-c5ccnc(NCC6CC6)c5)n4)c(C(F)F)n3)cc2)C1. The van der Waals surface area contributed by atoms with Crippen molar-refractivity contribution in [1.29, 1.82) is 0 Å². The molecule has 4 heterocycles. The molecule has 1 aromatic carbocycles. The summed E-state index contributed by atoms with van der Waals surface area (Å²) in [7, 11) is 0. The number of aliphatic carboxylic acids is 1. The maximum atomic E-state index is 13.9. The first-order valence-corrected chi connectivity index (χ1v) is 14.9. The van der Waals surface area contributed by atoms with E-state index in [4.69, 9.17) is 9.52 Å². The van der Waals surface area contributed by atoms with Crippen molar-refractivity contribution in [3.05, 3.63) is 72.0 Å². The summed E-state index contributed by atoms with van der Waals surface area (Å²) < 4.78 is 34.5. The van der Waals surface area contributed by atoms with Crippen LogP contribution in [-0.2, 0) is 16.1 Å². The molecule has 0 bridgehead atoms. The molecule has 1 saturated carbocycles. The molecule has 5 N–H and O–H groups in total. The number of carboxylic acid groups (broad SMARTS) is 1. The Labute approximate surface area is 261 Å². The molecule has 240 valence electrons. The summed E-state index contributed by atoms with van der Waals surface area (Å²) in [6, 6.07) is 9.74. The van der Waals surface area contributed by atoms with Gasteiger partial charge in [0.25, 0.3) is 12.3 Å². The van der Waals surface area contributed by atoms with Crippen molar-refractivity contribution in [3.8, 4) is 17.1 Å². The minimum atomic E-state index is -2.96. The molecule has 2 atom stereocenters. The van der Waals surface area contributed by atoms with Gasteiger partial charge < -0.3 is 30.8 Å². The number of nitrogens with one attached hydrogen (secondary N) is 4. The molecular formula is C31H32F2N8O5. The molecule has 0 spiro atoms. The lowest BCUT2D eigenvalue weighted by atomic mass is 10.0. The Balaban J connectivity index is 1.07. The first-order valence-electron chi connectivity index (χ1n) is 14.9. The molecule has 13 nitrogen and oxygen atoms in total. The number of halogens is 2. The van der Waals surface area contributed by atoms with Gasteiger partial charge in [-0.1, -0.05) is 12.1 Å². The third-order valence-corrected chi connectivity index (χ3v) is 7.88. The minimum Gasteiger partial charge on any atom is -0.481 e. The van der Waals surface area contributed by atoms with Gasteiger partial charge in [0.15, 0.2) is 11.4 Å². The third kappa shape index (κ3) is 7.54. The molecule has 0 unspecified atom stereocenters. The summed E-state index contributed by atoms with van der Waals surface area (Å²) in [5.74, 6) is -0.448. The number of amides is 2. The minimum absolute atomic E-state index is 0.0108. The highest BCUT2D eigenvalue weighted by Gasteiger charge is 2.30. The van der Waals surface area contributed by atoms with Gasteiger partial charge in [0.05, 0.1) is 23.6 Å². The van der Waals surface area contributed by atoms with Crippen LogP contribution in [0.1, 0.15) is 53.9 Å². The number of pyridine rings is 1. The lowest BCUT2D eigenvalue weighted by Crippen LogP contribution is -2.39. The molecule has 1 aliphatic carbocycles. The maximum Gasteiger partial charge on any atom is 0.303 e. The highest BCUT2D eigenvalue weighted by atomic mass is 19.3. The molecule has 3 aromatic heterocycles. The Kier molecular flexibility index (Phi) is 9.01. The second-order valence-corrected chi connectivity index (χ2v) is 11.5. The lowest BCUT2D eigenvalue weighted by molar-refractivity contribution is -0.138. The van der Waals surface area contributed by atoms with E-state index < -0.39 is 30.0 Å². The molecule has 2 aliphatic rings. The van der Waals surface area contributed by atoms with Crippen molar-refractivity contribution in [3.63, 3.8) is 0 Å². The second kappa shape index (κ2) is 13.4. The summed E-state index contributed by atoms with van der Waals surface area (Å²) in [4.78, 5) is 44.9. The number of aromatic nitrogens is 4. The third-order valence-electron chi connectivity index (χ3n) is 7.88. The predicted octanol–water partition coefficient (Wildman–Crippen LogP) is 4.00. The van der Waals surface area contributed by atoms with E-state index in [0.29, 0.717) is 36.0 Å². The van der Waals surface area contributed by atoms with E-state index in [2.05, 4.69) is 36.3 Å². The zero-order valence-corrected chi connectivity index (χ0v) is 24.6. The summed E-state index contributed by atoms with van der Waals surface area (Å²) in [6.07, 6.45) is 3.94. The Hall–Kier alpha value is -5.18. The topological polar surface area (TPSA) is 176 Å².